The topological polar surface area (TPSA) is 69.0 Å². The molecule has 32 heavy (non-hydrogen) atoms. The van der Waals surface area contributed by atoms with E-state index in [4.69, 9.17) is 51.1 Å². The van der Waals surface area contributed by atoms with E-state index < -0.39 is 11.9 Å². The first-order valence-corrected chi connectivity index (χ1v) is 11.8. The lowest BCUT2D eigenvalue weighted by molar-refractivity contribution is -0.113. The monoisotopic (exact) mass is 536 g/mol. The fraction of sp³-hybridized carbons (Fsp3) is 0.250. The van der Waals surface area contributed by atoms with Crippen LogP contribution in [0.15, 0.2) is 35.5 Å². The van der Waals surface area contributed by atoms with Crippen LogP contribution >= 0.6 is 58.2 Å². The lowest BCUT2D eigenvalue weighted by Gasteiger charge is -2.16. The van der Waals surface area contributed by atoms with Gasteiger partial charge in [-0.3, -0.25) is 4.79 Å². The van der Waals surface area contributed by atoms with Gasteiger partial charge >= 0.3 is 0 Å². The summed E-state index contributed by atoms with van der Waals surface area (Å²) in [6.07, 6.45) is -0.511. The first-order chi connectivity index (χ1) is 15.2. The normalized spacial score (nSPS) is 12.0. The largest absolute Gasteiger partial charge is 0.481 e. The summed E-state index contributed by atoms with van der Waals surface area (Å²) in [7, 11) is 0. The van der Waals surface area contributed by atoms with Crippen LogP contribution in [-0.2, 0) is 11.3 Å². The summed E-state index contributed by atoms with van der Waals surface area (Å²) in [5, 5.41) is 12.6. The number of carbonyl (C=O) groups is 1. The van der Waals surface area contributed by atoms with Gasteiger partial charge < -0.3 is 14.6 Å². The second-order valence-corrected chi connectivity index (χ2v) is 9.07. The molecular weight excluding hydrogens is 521 g/mol. The molecule has 1 N–H and O–H groups in total. The SMILES string of the molecule is CCn1c(SCC(=O)Nc2cc(Cl)c(Cl)cc2Cl)nnc1C(C)Oc1ccc(F)cc1Cl. The Balaban J connectivity index is 1.67. The quantitative estimate of drug-likeness (QED) is 0.249. The van der Waals surface area contributed by atoms with Gasteiger partial charge in [-0.25, -0.2) is 4.39 Å². The number of aromatic nitrogens is 3. The number of thioether (sulfide) groups is 1. The molecule has 6 nitrogen and oxygen atoms in total. The van der Waals surface area contributed by atoms with Crippen LogP contribution in [0.25, 0.3) is 0 Å². The molecule has 0 spiro atoms. The van der Waals surface area contributed by atoms with E-state index in [-0.39, 0.29) is 26.7 Å². The van der Waals surface area contributed by atoms with Crippen molar-refractivity contribution in [1.82, 2.24) is 14.8 Å². The third-order valence-corrected chi connectivity index (χ3v) is 6.54. The highest BCUT2D eigenvalue weighted by molar-refractivity contribution is 7.99. The van der Waals surface area contributed by atoms with Crippen LogP contribution in [0.4, 0.5) is 10.1 Å². The summed E-state index contributed by atoms with van der Waals surface area (Å²) in [5.74, 6) is 0.186. The highest BCUT2D eigenvalue weighted by Crippen LogP contribution is 2.33. The smallest absolute Gasteiger partial charge is 0.234 e. The Morgan fingerprint density at radius 3 is 2.53 bits per heavy atom. The van der Waals surface area contributed by atoms with Crippen molar-refractivity contribution < 1.29 is 13.9 Å². The molecule has 170 valence electrons. The Kier molecular flexibility index (Phi) is 8.52. The molecule has 0 saturated carbocycles. The van der Waals surface area contributed by atoms with Gasteiger partial charge in [-0.1, -0.05) is 58.2 Å². The summed E-state index contributed by atoms with van der Waals surface area (Å²) < 4.78 is 20.9. The van der Waals surface area contributed by atoms with E-state index >= 15 is 0 Å². The van der Waals surface area contributed by atoms with E-state index in [0.717, 1.165) is 0 Å². The number of ether oxygens (including phenoxy) is 1. The number of rotatable bonds is 8. The number of hydrogen-bond donors (Lipinski definition) is 1. The van der Waals surface area contributed by atoms with Crippen molar-refractivity contribution in [2.45, 2.75) is 31.7 Å². The lowest BCUT2D eigenvalue weighted by atomic mass is 10.3. The molecule has 1 atom stereocenters. The summed E-state index contributed by atoms with van der Waals surface area (Å²) in [6.45, 7) is 4.25. The van der Waals surface area contributed by atoms with Gasteiger partial charge in [-0.05, 0) is 44.2 Å². The second kappa shape index (κ2) is 10.9. The minimum absolute atomic E-state index is 0.0632. The van der Waals surface area contributed by atoms with Crippen molar-refractivity contribution in [3.8, 4) is 5.75 Å². The third kappa shape index (κ3) is 5.99. The molecule has 0 aliphatic rings. The first kappa shape index (κ1) is 24.9. The standard InChI is InChI=1S/C20H17Cl4FN4O2S/c1-3-29-19(10(2)31-17-5-4-11(25)6-15(17)24)27-28-20(29)32-9-18(30)26-16-8-13(22)12(21)7-14(16)23/h4-8,10H,3,9H2,1-2H3,(H,26,30). The van der Waals surface area contributed by atoms with Gasteiger partial charge in [0, 0.05) is 6.54 Å². The predicted molar refractivity (Wildman–Crippen MR) is 127 cm³/mol. The molecule has 1 heterocycles. The summed E-state index contributed by atoms with van der Waals surface area (Å²) in [5.41, 5.74) is 0.363. The van der Waals surface area contributed by atoms with E-state index in [9.17, 15) is 9.18 Å². The van der Waals surface area contributed by atoms with E-state index in [1.165, 1.54) is 42.1 Å². The maximum absolute atomic E-state index is 13.3. The minimum atomic E-state index is -0.511. The molecule has 1 aromatic heterocycles. The van der Waals surface area contributed by atoms with Gasteiger partial charge in [0.25, 0.3) is 0 Å². The van der Waals surface area contributed by atoms with Crippen LogP contribution in [0.1, 0.15) is 25.8 Å². The molecule has 0 bridgehead atoms. The molecule has 1 unspecified atom stereocenters. The van der Waals surface area contributed by atoms with Gasteiger partial charge in [0.2, 0.25) is 5.91 Å². The zero-order chi connectivity index (χ0) is 23.4. The fourth-order valence-electron chi connectivity index (χ4n) is 2.75. The fourth-order valence-corrected chi connectivity index (χ4v) is 4.37. The van der Waals surface area contributed by atoms with Crippen LogP contribution in [-0.4, -0.2) is 26.4 Å². The van der Waals surface area contributed by atoms with Crippen molar-refractivity contribution in [3.63, 3.8) is 0 Å². The number of hydrogen-bond acceptors (Lipinski definition) is 5. The molecule has 1 amide bonds. The average Bonchev–Trinajstić information content (AvgIpc) is 3.15. The van der Waals surface area contributed by atoms with Crippen LogP contribution in [0.3, 0.4) is 0 Å². The Morgan fingerprint density at radius 1 is 1.12 bits per heavy atom. The molecule has 0 aliphatic heterocycles. The maximum atomic E-state index is 13.3. The van der Waals surface area contributed by atoms with E-state index in [2.05, 4.69) is 15.5 Å². The predicted octanol–water partition coefficient (Wildman–Crippen LogP) is 6.92. The molecule has 0 aliphatic carbocycles. The Labute approximate surface area is 208 Å². The molecule has 0 radical (unpaired) electrons. The molecule has 0 fully saturated rings. The number of carbonyl (C=O) groups excluding carboxylic acids is 1. The number of halogens is 5. The van der Waals surface area contributed by atoms with Gasteiger partial charge in [0.15, 0.2) is 17.1 Å². The molecular formula is C20H17Cl4FN4O2S. The van der Waals surface area contributed by atoms with Crippen LogP contribution in [0.2, 0.25) is 20.1 Å². The number of amides is 1. The number of benzene rings is 2. The Bertz CT molecular complexity index is 1150. The maximum Gasteiger partial charge on any atom is 0.234 e. The van der Waals surface area contributed by atoms with Gasteiger partial charge in [0.1, 0.15) is 11.6 Å². The van der Waals surface area contributed by atoms with Gasteiger partial charge in [-0.15, -0.1) is 10.2 Å². The van der Waals surface area contributed by atoms with Crippen LogP contribution < -0.4 is 10.1 Å². The molecule has 3 rings (SSSR count). The highest BCUT2D eigenvalue weighted by atomic mass is 35.5. The summed E-state index contributed by atoms with van der Waals surface area (Å²) >= 11 is 25.2. The van der Waals surface area contributed by atoms with E-state index in [1.54, 1.807) is 6.92 Å². The van der Waals surface area contributed by atoms with Crippen LogP contribution in [0, 0.1) is 5.82 Å². The molecule has 12 heteroatoms. The number of anilines is 1. The van der Waals surface area contributed by atoms with Gasteiger partial charge in [0.05, 0.1) is 31.5 Å². The van der Waals surface area contributed by atoms with Gasteiger partial charge in [-0.2, -0.15) is 0 Å². The molecule has 0 saturated heterocycles. The van der Waals surface area contributed by atoms with E-state index in [0.29, 0.717) is 34.0 Å². The third-order valence-electron chi connectivity index (χ3n) is 4.24. The van der Waals surface area contributed by atoms with Crippen molar-refractivity contribution in [2.24, 2.45) is 0 Å². The number of nitrogens with zero attached hydrogens (tertiary/aromatic N) is 3. The van der Waals surface area contributed by atoms with Crippen molar-refractivity contribution >= 4 is 69.8 Å². The summed E-state index contributed by atoms with van der Waals surface area (Å²) in [6, 6.07) is 6.84. The molecule has 3 aromatic rings. The lowest BCUT2D eigenvalue weighted by Crippen LogP contribution is -2.15. The van der Waals surface area contributed by atoms with Crippen molar-refractivity contribution in [3.05, 3.63) is 62.1 Å². The summed E-state index contributed by atoms with van der Waals surface area (Å²) in [4.78, 5) is 12.4. The Hall–Kier alpha value is -1.71. The zero-order valence-electron chi connectivity index (χ0n) is 16.8. The first-order valence-electron chi connectivity index (χ1n) is 9.31. The van der Waals surface area contributed by atoms with Crippen molar-refractivity contribution in [1.29, 1.82) is 0 Å². The van der Waals surface area contributed by atoms with E-state index in [1.807, 2.05) is 11.5 Å². The second-order valence-electron chi connectivity index (χ2n) is 6.50. The molecule has 2 aromatic carbocycles. The average molecular weight is 538 g/mol. The number of nitrogens with one attached hydrogen (secondary N) is 1. The zero-order valence-corrected chi connectivity index (χ0v) is 20.7. The Morgan fingerprint density at radius 2 is 1.84 bits per heavy atom. The highest BCUT2D eigenvalue weighted by Gasteiger charge is 2.20. The van der Waals surface area contributed by atoms with Crippen molar-refractivity contribution in [2.75, 3.05) is 11.1 Å². The van der Waals surface area contributed by atoms with Crippen LogP contribution in [0.5, 0.6) is 5.75 Å². The minimum Gasteiger partial charge on any atom is -0.481 e.